The molecule has 0 spiro atoms. The van der Waals surface area contributed by atoms with Crippen molar-refractivity contribution in [3.8, 4) is 11.4 Å². The van der Waals surface area contributed by atoms with Crippen molar-refractivity contribution >= 4 is 0 Å². The molecule has 3 rings (SSSR count). The highest BCUT2D eigenvalue weighted by atomic mass is 19.1. The minimum absolute atomic E-state index is 0.0822. The first kappa shape index (κ1) is 15.2. The summed E-state index contributed by atoms with van der Waals surface area (Å²) in [6.07, 6.45) is -0.882. The molecule has 0 bridgehead atoms. The van der Waals surface area contributed by atoms with Crippen molar-refractivity contribution in [3.05, 3.63) is 65.2 Å². The molecule has 0 aliphatic carbocycles. The molecule has 1 unspecified atom stereocenters. The zero-order valence-corrected chi connectivity index (χ0v) is 12.3. The van der Waals surface area contributed by atoms with Crippen LogP contribution >= 0.6 is 0 Å². The molecule has 1 heterocycles. The molecule has 1 aromatic heterocycles. The predicted octanol–water partition coefficient (Wildman–Crippen LogP) is 2.66. The van der Waals surface area contributed by atoms with E-state index in [4.69, 9.17) is 0 Å². The molecule has 0 saturated heterocycles. The normalized spacial score (nSPS) is 12.3. The topological polar surface area (TPSA) is 63.8 Å². The Morgan fingerprint density at radius 1 is 1.13 bits per heavy atom. The second kappa shape index (κ2) is 6.21. The number of benzene rings is 2. The van der Waals surface area contributed by atoms with Crippen LogP contribution < -0.4 is 0 Å². The first-order chi connectivity index (χ1) is 11.0. The molecule has 1 atom stereocenters. The second-order valence-electron chi connectivity index (χ2n) is 5.20. The molecule has 0 saturated carbocycles. The Bertz CT molecular complexity index is 817. The van der Waals surface area contributed by atoms with E-state index in [0.717, 1.165) is 0 Å². The molecule has 1 N–H and O–H groups in total. The summed E-state index contributed by atoms with van der Waals surface area (Å²) in [6.45, 7) is 1.74. The third-order valence-corrected chi connectivity index (χ3v) is 3.46. The highest BCUT2D eigenvalue weighted by molar-refractivity contribution is 5.55. The first-order valence-corrected chi connectivity index (χ1v) is 7.01. The van der Waals surface area contributed by atoms with Gasteiger partial charge in [0.05, 0.1) is 6.54 Å². The van der Waals surface area contributed by atoms with Crippen molar-refractivity contribution in [1.29, 1.82) is 0 Å². The van der Waals surface area contributed by atoms with E-state index in [1.165, 1.54) is 35.1 Å². The van der Waals surface area contributed by atoms with Crippen LogP contribution in [0.5, 0.6) is 0 Å². The van der Waals surface area contributed by atoms with Gasteiger partial charge in [0.15, 0.2) is 0 Å². The van der Waals surface area contributed by atoms with E-state index in [-0.39, 0.29) is 18.2 Å². The van der Waals surface area contributed by atoms with Crippen LogP contribution in [0.2, 0.25) is 0 Å². The lowest BCUT2D eigenvalue weighted by Gasteiger charge is -2.09. The van der Waals surface area contributed by atoms with E-state index in [9.17, 15) is 13.9 Å². The van der Waals surface area contributed by atoms with Crippen molar-refractivity contribution in [2.24, 2.45) is 0 Å². The minimum atomic E-state index is -0.882. The molecule has 23 heavy (non-hydrogen) atoms. The summed E-state index contributed by atoms with van der Waals surface area (Å²) in [5.41, 5.74) is 1.69. The van der Waals surface area contributed by atoms with Crippen LogP contribution in [0.15, 0.2) is 42.5 Å². The maximum absolute atomic E-state index is 13.3. The SMILES string of the molecule is Cc1cc(-c2nnn(CC(O)c3ccc(F)cc3)n2)ccc1F. The summed E-state index contributed by atoms with van der Waals surface area (Å²) in [4.78, 5) is 1.25. The molecule has 118 valence electrons. The van der Waals surface area contributed by atoms with Crippen LogP contribution in [0.1, 0.15) is 17.2 Å². The Balaban J connectivity index is 1.76. The molecule has 3 aromatic rings. The third kappa shape index (κ3) is 3.40. The Morgan fingerprint density at radius 3 is 2.57 bits per heavy atom. The van der Waals surface area contributed by atoms with Crippen molar-refractivity contribution in [2.45, 2.75) is 19.6 Å². The van der Waals surface area contributed by atoms with Gasteiger partial charge >= 0.3 is 0 Å². The second-order valence-corrected chi connectivity index (χ2v) is 5.20. The Hall–Kier alpha value is -2.67. The number of aromatic nitrogens is 4. The van der Waals surface area contributed by atoms with Gasteiger partial charge in [0.2, 0.25) is 5.82 Å². The molecule has 2 aromatic carbocycles. The number of hydrogen-bond donors (Lipinski definition) is 1. The van der Waals surface area contributed by atoms with Gasteiger partial charge in [-0.25, -0.2) is 8.78 Å². The van der Waals surface area contributed by atoms with E-state index in [1.54, 1.807) is 19.1 Å². The third-order valence-electron chi connectivity index (χ3n) is 3.46. The van der Waals surface area contributed by atoms with Gasteiger partial charge in [-0.1, -0.05) is 12.1 Å². The summed E-state index contributed by atoms with van der Waals surface area (Å²) in [6, 6.07) is 10.1. The lowest BCUT2D eigenvalue weighted by molar-refractivity contribution is 0.144. The van der Waals surface area contributed by atoms with Gasteiger partial charge in [-0.05, 0) is 53.6 Å². The molecule has 0 aliphatic heterocycles. The molecule has 0 fully saturated rings. The summed E-state index contributed by atoms with van der Waals surface area (Å²) < 4.78 is 26.2. The van der Waals surface area contributed by atoms with Gasteiger partial charge < -0.3 is 5.11 Å². The number of aliphatic hydroxyl groups is 1. The predicted molar refractivity (Wildman–Crippen MR) is 79.3 cm³/mol. The zero-order valence-electron chi connectivity index (χ0n) is 12.3. The van der Waals surface area contributed by atoms with Gasteiger partial charge in [-0.15, -0.1) is 10.2 Å². The number of halogens is 2. The van der Waals surface area contributed by atoms with Crippen LogP contribution in [-0.2, 0) is 6.54 Å². The molecular formula is C16H14F2N4O. The van der Waals surface area contributed by atoms with Gasteiger partial charge in [0, 0.05) is 5.56 Å². The van der Waals surface area contributed by atoms with Crippen LogP contribution in [0.4, 0.5) is 8.78 Å². The summed E-state index contributed by atoms with van der Waals surface area (Å²) in [5.74, 6) is -0.318. The summed E-state index contributed by atoms with van der Waals surface area (Å²) >= 11 is 0. The van der Waals surface area contributed by atoms with E-state index in [2.05, 4.69) is 15.4 Å². The monoisotopic (exact) mass is 316 g/mol. The molecule has 0 radical (unpaired) electrons. The summed E-state index contributed by atoms with van der Waals surface area (Å²) in [7, 11) is 0. The van der Waals surface area contributed by atoms with Crippen molar-refractivity contribution < 1.29 is 13.9 Å². The largest absolute Gasteiger partial charge is 0.386 e. The minimum Gasteiger partial charge on any atom is -0.386 e. The fraction of sp³-hybridized carbons (Fsp3) is 0.188. The quantitative estimate of drug-likeness (QED) is 0.804. The zero-order chi connectivity index (χ0) is 16.4. The van der Waals surface area contributed by atoms with Gasteiger partial charge in [0.1, 0.15) is 17.7 Å². The first-order valence-electron chi connectivity index (χ1n) is 7.01. The molecule has 0 aliphatic rings. The van der Waals surface area contributed by atoms with E-state index >= 15 is 0 Å². The van der Waals surface area contributed by atoms with E-state index in [1.807, 2.05) is 0 Å². The van der Waals surface area contributed by atoms with E-state index in [0.29, 0.717) is 22.5 Å². The fourth-order valence-electron chi connectivity index (χ4n) is 2.16. The maximum atomic E-state index is 13.3. The lowest BCUT2D eigenvalue weighted by Crippen LogP contribution is -2.11. The van der Waals surface area contributed by atoms with Crippen LogP contribution in [0, 0.1) is 18.6 Å². The number of nitrogens with zero attached hydrogens (tertiary/aromatic N) is 4. The van der Waals surface area contributed by atoms with Gasteiger partial charge in [-0.2, -0.15) is 4.80 Å². The average Bonchev–Trinajstić information content (AvgIpc) is 2.99. The smallest absolute Gasteiger partial charge is 0.204 e. The van der Waals surface area contributed by atoms with Crippen LogP contribution in [-0.4, -0.2) is 25.3 Å². The number of rotatable bonds is 4. The van der Waals surface area contributed by atoms with Crippen LogP contribution in [0.3, 0.4) is 0 Å². The standard InChI is InChI=1S/C16H14F2N4O/c1-10-8-12(4-7-14(10)18)16-19-21-22(20-16)9-15(23)11-2-5-13(17)6-3-11/h2-8,15,23H,9H2,1H3. The molecule has 7 heteroatoms. The van der Waals surface area contributed by atoms with Crippen molar-refractivity contribution in [1.82, 2.24) is 20.2 Å². The fourth-order valence-corrected chi connectivity index (χ4v) is 2.16. The molecule has 5 nitrogen and oxygen atoms in total. The number of aryl methyl sites for hydroxylation is 1. The Labute approximate surface area is 131 Å². The van der Waals surface area contributed by atoms with Gasteiger partial charge in [0.25, 0.3) is 0 Å². The van der Waals surface area contributed by atoms with Crippen LogP contribution in [0.25, 0.3) is 11.4 Å². The Kier molecular flexibility index (Phi) is 4.12. The average molecular weight is 316 g/mol. The number of tetrazole rings is 1. The summed E-state index contributed by atoms with van der Waals surface area (Å²) in [5, 5.41) is 22.1. The lowest BCUT2D eigenvalue weighted by atomic mass is 10.1. The molecule has 0 amide bonds. The Morgan fingerprint density at radius 2 is 1.87 bits per heavy atom. The number of hydrogen-bond acceptors (Lipinski definition) is 4. The highest BCUT2D eigenvalue weighted by Crippen LogP contribution is 2.19. The van der Waals surface area contributed by atoms with Crippen molar-refractivity contribution in [3.63, 3.8) is 0 Å². The number of aliphatic hydroxyl groups excluding tert-OH is 1. The van der Waals surface area contributed by atoms with Crippen molar-refractivity contribution in [2.75, 3.05) is 0 Å². The van der Waals surface area contributed by atoms with Gasteiger partial charge in [-0.3, -0.25) is 0 Å². The van der Waals surface area contributed by atoms with E-state index < -0.39 is 6.10 Å². The maximum Gasteiger partial charge on any atom is 0.204 e. The molecular weight excluding hydrogens is 302 g/mol. The highest BCUT2D eigenvalue weighted by Gasteiger charge is 2.13.